The summed E-state index contributed by atoms with van der Waals surface area (Å²) >= 11 is 11.4. The van der Waals surface area contributed by atoms with Crippen LogP contribution >= 0.6 is 23.8 Å². The molecule has 1 heterocycles. The number of rotatable bonds is 2. The highest BCUT2D eigenvalue weighted by Crippen LogP contribution is 2.47. The molecule has 2 nitrogen and oxygen atoms in total. The van der Waals surface area contributed by atoms with Gasteiger partial charge in [-0.05, 0) is 43.2 Å². The summed E-state index contributed by atoms with van der Waals surface area (Å²) in [5.41, 5.74) is 8.43. The second-order valence-electron chi connectivity index (χ2n) is 6.19. The average Bonchev–Trinajstić information content (AvgIpc) is 2.87. The van der Waals surface area contributed by atoms with Crippen LogP contribution < -0.4 is 10.6 Å². The van der Waals surface area contributed by atoms with Crippen LogP contribution in [0.1, 0.15) is 44.1 Å². The summed E-state index contributed by atoms with van der Waals surface area (Å²) in [5, 5.41) is 0.663. The molecule has 0 atom stereocenters. The monoisotopic (exact) mass is 308 g/mol. The molecule has 1 aromatic carbocycles. The van der Waals surface area contributed by atoms with Crippen LogP contribution in [0.2, 0.25) is 5.02 Å². The van der Waals surface area contributed by atoms with Gasteiger partial charge in [0.15, 0.2) is 0 Å². The van der Waals surface area contributed by atoms with Crippen LogP contribution in [-0.4, -0.2) is 18.1 Å². The SMILES string of the molecule is NC(=S)c1c(Cl)cccc1N1CCC2(CCCC2)CC1. The van der Waals surface area contributed by atoms with Crippen molar-refractivity contribution in [3.8, 4) is 0 Å². The van der Waals surface area contributed by atoms with E-state index in [0.29, 0.717) is 15.4 Å². The Labute approximate surface area is 131 Å². The van der Waals surface area contributed by atoms with Crippen LogP contribution in [0.4, 0.5) is 5.69 Å². The van der Waals surface area contributed by atoms with Crippen LogP contribution in [0.25, 0.3) is 0 Å². The molecule has 1 aliphatic heterocycles. The van der Waals surface area contributed by atoms with Crippen LogP contribution in [0, 0.1) is 5.41 Å². The summed E-state index contributed by atoms with van der Waals surface area (Å²) in [5.74, 6) is 0. The molecular weight excluding hydrogens is 288 g/mol. The molecule has 108 valence electrons. The van der Waals surface area contributed by atoms with Crippen LogP contribution in [0.5, 0.6) is 0 Å². The largest absolute Gasteiger partial charge is 0.389 e. The highest BCUT2D eigenvalue weighted by Gasteiger charge is 2.37. The fourth-order valence-electron chi connectivity index (χ4n) is 3.87. The van der Waals surface area contributed by atoms with Crippen molar-refractivity contribution in [3.63, 3.8) is 0 Å². The van der Waals surface area contributed by atoms with Crippen molar-refractivity contribution in [2.45, 2.75) is 38.5 Å². The van der Waals surface area contributed by atoms with Crippen molar-refractivity contribution in [1.29, 1.82) is 0 Å². The predicted octanol–water partition coefficient (Wildman–Crippen LogP) is 4.13. The molecule has 20 heavy (non-hydrogen) atoms. The Morgan fingerprint density at radius 3 is 2.40 bits per heavy atom. The number of nitrogens with two attached hydrogens (primary N) is 1. The van der Waals surface area contributed by atoms with Crippen molar-refractivity contribution < 1.29 is 0 Å². The maximum Gasteiger partial charge on any atom is 0.107 e. The molecule has 1 aromatic rings. The van der Waals surface area contributed by atoms with Gasteiger partial charge in [-0.25, -0.2) is 0 Å². The lowest BCUT2D eigenvalue weighted by Gasteiger charge is -2.41. The summed E-state index contributed by atoms with van der Waals surface area (Å²) in [4.78, 5) is 2.80. The minimum atomic E-state index is 0.395. The van der Waals surface area contributed by atoms with Gasteiger partial charge >= 0.3 is 0 Å². The molecule has 0 aromatic heterocycles. The van der Waals surface area contributed by atoms with E-state index in [1.54, 1.807) is 0 Å². The Kier molecular flexibility index (Phi) is 3.91. The number of anilines is 1. The van der Waals surface area contributed by atoms with Gasteiger partial charge in [0.1, 0.15) is 4.99 Å². The second-order valence-corrected chi connectivity index (χ2v) is 7.04. The minimum absolute atomic E-state index is 0.395. The maximum absolute atomic E-state index is 6.27. The minimum Gasteiger partial charge on any atom is -0.389 e. The van der Waals surface area contributed by atoms with Gasteiger partial charge in [-0.15, -0.1) is 0 Å². The van der Waals surface area contributed by atoms with Crippen LogP contribution in [0.3, 0.4) is 0 Å². The molecule has 3 rings (SSSR count). The molecule has 1 aliphatic carbocycles. The van der Waals surface area contributed by atoms with Gasteiger partial charge < -0.3 is 10.6 Å². The molecule has 4 heteroatoms. The molecule has 0 radical (unpaired) electrons. The number of hydrogen-bond donors (Lipinski definition) is 1. The average molecular weight is 309 g/mol. The zero-order chi connectivity index (χ0) is 14.2. The summed E-state index contributed by atoms with van der Waals surface area (Å²) in [7, 11) is 0. The molecule has 0 bridgehead atoms. The van der Waals surface area contributed by atoms with Crippen LogP contribution in [0.15, 0.2) is 18.2 Å². The Balaban J connectivity index is 1.81. The van der Waals surface area contributed by atoms with Crippen LogP contribution in [-0.2, 0) is 0 Å². The van der Waals surface area contributed by atoms with Gasteiger partial charge in [0.05, 0.1) is 10.6 Å². The first kappa shape index (κ1) is 14.2. The number of halogens is 1. The lowest BCUT2D eigenvalue weighted by molar-refractivity contribution is 0.226. The number of benzene rings is 1. The lowest BCUT2D eigenvalue weighted by atomic mass is 9.77. The van der Waals surface area contributed by atoms with Crippen molar-refractivity contribution >= 4 is 34.5 Å². The Morgan fingerprint density at radius 2 is 1.80 bits per heavy atom. The fourth-order valence-corrected chi connectivity index (χ4v) is 4.41. The van der Waals surface area contributed by atoms with E-state index in [1.807, 2.05) is 12.1 Å². The van der Waals surface area contributed by atoms with Gasteiger partial charge in [0.25, 0.3) is 0 Å². The maximum atomic E-state index is 6.27. The third kappa shape index (κ3) is 2.53. The van der Waals surface area contributed by atoms with Gasteiger partial charge in [-0.1, -0.05) is 42.7 Å². The zero-order valence-electron chi connectivity index (χ0n) is 11.7. The normalized spacial score (nSPS) is 21.4. The van der Waals surface area contributed by atoms with Gasteiger partial charge in [-0.3, -0.25) is 0 Å². The van der Waals surface area contributed by atoms with E-state index in [2.05, 4.69) is 11.0 Å². The number of hydrogen-bond acceptors (Lipinski definition) is 2. The highest BCUT2D eigenvalue weighted by atomic mass is 35.5. The molecule has 1 spiro atoms. The molecule has 2 fully saturated rings. The molecular formula is C16H21ClN2S. The second kappa shape index (κ2) is 5.53. The topological polar surface area (TPSA) is 29.3 Å². The van der Waals surface area contributed by atoms with Crippen molar-refractivity contribution in [3.05, 3.63) is 28.8 Å². The zero-order valence-corrected chi connectivity index (χ0v) is 13.3. The van der Waals surface area contributed by atoms with Crippen molar-refractivity contribution in [2.24, 2.45) is 11.1 Å². The first-order valence-electron chi connectivity index (χ1n) is 7.45. The van der Waals surface area contributed by atoms with E-state index in [0.717, 1.165) is 24.3 Å². The van der Waals surface area contributed by atoms with E-state index >= 15 is 0 Å². The lowest BCUT2D eigenvalue weighted by Crippen LogP contribution is -2.39. The van der Waals surface area contributed by atoms with E-state index in [4.69, 9.17) is 29.6 Å². The van der Waals surface area contributed by atoms with Crippen molar-refractivity contribution in [2.75, 3.05) is 18.0 Å². The standard InChI is InChI=1S/C16H21ClN2S/c17-12-4-3-5-13(14(12)15(18)20)19-10-8-16(9-11-19)6-1-2-7-16/h3-5H,1-2,6-11H2,(H2,18,20). The first-order chi connectivity index (χ1) is 9.61. The summed E-state index contributed by atoms with van der Waals surface area (Å²) < 4.78 is 0. The van der Waals surface area contributed by atoms with E-state index in [9.17, 15) is 0 Å². The van der Waals surface area contributed by atoms with Gasteiger partial charge in [0.2, 0.25) is 0 Å². The van der Waals surface area contributed by atoms with E-state index < -0.39 is 0 Å². The van der Waals surface area contributed by atoms with E-state index in [-0.39, 0.29) is 0 Å². The van der Waals surface area contributed by atoms with Gasteiger partial charge in [0, 0.05) is 18.8 Å². The Hall–Kier alpha value is -0.800. The molecule has 2 aliphatic rings. The number of nitrogens with zero attached hydrogens (tertiary/aromatic N) is 1. The molecule has 0 unspecified atom stereocenters. The summed E-state index contributed by atoms with van der Waals surface area (Å²) in [6, 6.07) is 5.94. The quantitative estimate of drug-likeness (QED) is 0.833. The third-order valence-corrected chi connectivity index (χ3v) is 5.59. The Bertz CT molecular complexity index is 513. The molecule has 1 saturated heterocycles. The number of thiocarbonyl (C=S) groups is 1. The predicted molar refractivity (Wildman–Crippen MR) is 89.7 cm³/mol. The summed E-state index contributed by atoms with van der Waals surface area (Å²) in [6.45, 7) is 2.19. The third-order valence-electron chi connectivity index (χ3n) is 5.07. The fraction of sp³-hybridized carbons (Fsp3) is 0.562. The highest BCUT2D eigenvalue weighted by molar-refractivity contribution is 7.80. The molecule has 0 amide bonds. The summed E-state index contributed by atoms with van der Waals surface area (Å²) in [6.07, 6.45) is 8.23. The molecule has 1 saturated carbocycles. The first-order valence-corrected chi connectivity index (χ1v) is 8.23. The van der Waals surface area contributed by atoms with E-state index in [1.165, 1.54) is 38.5 Å². The van der Waals surface area contributed by atoms with Gasteiger partial charge in [-0.2, -0.15) is 0 Å². The number of piperidine rings is 1. The van der Waals surface area contributed by atoms with Crippen molar-refractivity contribution in [1.82, 2.24) is 0 Å². The molecule has 2 N–H and O–H groups in total. The smallest absolute Gasteiger partial charge is 0.107 e. The Morgan fingerprint density at radius 1 is 1.15 bits per heavy atom.